The molecule has 2 aliphatic rings. The fraction of sp³-hybridized carbons (Fsp3) is 0.600. The fourth-order valence-corrected chi connectivity index (χ4v) is 3.80. The van der Waals surface area contributed by atoms with Crippen LogP contribution in [0.15, 0.2) is 24.3 Å². The van der Waals surface area contributed by atoms with E-state index in [4.69, 9.17) is 4.74 Å². The van der Waals surface area contributed by atoms with Crippen LogP contribution in [0.2, 0.25) is 0 Å². The van der Waals surface area contributed by atoms with Crippen molar-refractivity contribution >= 4 is 17.5 Å². The van der Waals surface area contributed by atoms with Gasteiger partial charge in [-0.2, -0.15) is 0 Å². The van der Waals surface area contributed by atoms with Crippen LogP contribution in [0.1, 0.15) is 58.3 Å². The third-order valence-electron chi connectivity index (χ3n) is 5.09. The molecule has 1 saturated carbocycles. The minimum Gasteiger partial charge on any atom is -0.494 e. The summed E-state index contributed by atoms with van der Waals surface area (Å²) < 4.78 is 5.42. The van der Waals surface area contributed by atoms with E-state index < -0.39 is 0 Å². The maximum atomic E-state index is 12.8. The highest BCUT2D eigenvalue weighted by atomic mass is 16.5. The number of imide groups is 1. The van der Waals surface area contributed by atoms with Crippen molar-refractivity contribution in [1.82, 2.24) is 5.32 Å². The maximum absolute atomic E-state index is 12.8. The number of benzene rings is 1. The van der Waals surface area contributed by atoms with Crippen LogP contribution in [0, 0.1) is 0 Å². The molecule has 136 valence electrons. The van der Waals surface area contributed by atoms with Gasteiger partial charge in [-0.25, -0.2) is 4.90 Å². The lowest BCUT2D eigenvalue weighted by molar-refractivity contribution is -0.121. The van der Waals surface area contributed by atoms with Crippen molar-refractivity contribution in [3.63, 3.8) is 0 Å². The highest BCUT2D eigenvalue weighted by molar-refractivity contribution is 6.22. The molecule has 25 heavy (non-hydrogen) atoms. The molecule has 1 atom stereocenters. The summed E-state index contributed by atoms with van der Waals surface area (Å²) in [5.74, 6) is 0.489. The molecule has 5 heteroatoms. The molecular formula is C20H28N2O3. The monoisotopic (exact) mass is 344 g/mol. The second-order valence-electron chi connectivity index (χ2n) is 6.96. The highest BCUT2D eigenvalue weighted by Crippen LogP contribution is 2.26. The molecule has 0 bridgehead atoms. The van der Waals surface area contributed by atoms with Gasteiger partial charge in [0.2, 0.25) is 5.91 Å². The number of ether oxygens (including phenoxy) is 1. The molecule has 1 aromatic carbocycles. The molecule has 1 N–H and O–H groups in total. The third-order valence-corrected chi connectivity index (χ3v) is 5.09. The lowest BCUT2D eigenvalue weighted by Crippen LogP contribution is -2.44. The maximum Gasteiger partial charge on any atom is 0.251 e. The number of nitrogens with one attached hydrogen (secondary N) is 1. The minimum atomic E-state index is -0.386. The summed E-state index contributed by atoms with van der Waals surface area (Å²) >= 11 is 0. The number of amides is 2. The topological polar surface area (TPSA) is 58.6 Å². The number of carbonyl (C=O) groups is 2. The Morgan fingerprint density at radius 1 is 1.04 bits per heavy atom. The molecule has 5 nitrogen and oxygen atoms in total. The zero-order valence-electron chi connectivity index (χ0n) is 15.0. The Hall–Kier alpha value is -1.88. The summed E-state index contributed by atoms with van der Waals surface area (Å²) in [6.45, 7) is 2.52. The Morgan fingerprint density at radius 3 is 2.32 bits per heavy atom. The van der Waals surface area contributed by atoms with E-state index in [2.05, 4.69) is 5.32 Å². The van der Waals surface area contributed by atoms with Gasteiger partial charge in [0.05, 0.1) is 24.8 Å². The van der Waals surface area contributed by atoms with Gasteiger partial charge in [0.25, 0.3) is 5.91 Å². The Morgan fingerprint density at radius 2 is 1.68 bits per heavy atom. The standard InChI is InChI=1S/C20H28N2O3/c1-2-25-17-12-10-16(11-13-17)22-19(23)14-18(20(22)24)21-15-8-6-4-3-5-7-9-15/h10-13,15,18,21H,2-9,14H2,1H3. The summed E-state index contributed by atoms with van der Waals surface area (Å²) in [5.41, 5.74) is 0.625. The molecule has 1 heterocycles. The Bertz CT molecular complexity index is 591. The predicted octanol–water partition coefficient (Wildman–Crippen LogP) is 3.42. The number of carbonyl (C=O) groups excluding carboxylic acids is 2. The second-order valence-corrected chi connectivity index (χ2v) is 6.96. The fourth-order valence-electron chi connectivity index (χ4n) is 3.80. The van der Waals surface area contributed by atoms with Crippen molar-refractivity contribution in [2.75, 3.05) is 11.5 Å². The van der Waals surface area contributed by atoms with Gasteiger partial charge in [0.1, 0.15) is 5.75 Å². The number of rotatable bonds is 5. The summed E-state index contributed by atoms with van der Waals surface area (Å²) in [6, 6.07) is 7.12. The second kappa shape index (κ2) is 8.48. The Kier molecular flexibility index (Phi) is 6.08. The van der Waals surface area contributed by atoms with E-state index in [0.29, 0.717) is 18.3 Å². The molecule has 1 saturated heterocycles. The van der Waals surface area contributed by atoms with Gasteiger partial charge in [-0.05, 0) is 44.0 Å². The van der Waals surface area contributed by atoms with Crippen molar-refractivity contribution in [2.45, 2.75) is 70.4 Å². The van der Waals surface area contributed by atoms with Crippen LogP contribution in [0.4, 0.5) is 5.69 Å². The first-order valence-corrected chi connectivity index (χ1v) is 9.54. The van der Waals surface area contributed by atoms with Crippen LogP contribution in [0.25, 0.3) is 0 Å². The summed E-state index contributed by atoms with van der Waals surface area (Å²) in [7, 11) is 0. The van der Waals surface area contributed by atoms with Crippen LogP contribution in [0.3, 0.4) is 0 Å². The van der Waals surface area contributed by atoms with Gasteiger partial charge < -0.3 is 10.1 Å². The normalized spacial score (nSPS) is 22.8. The van der Waals surface area contributed by atoms with Gasteiger partial charge in [-0.3, -0.25) is 9.59 Å². The Labute approximate surface area is 149 Å². The number of hydrogen-bond donors (Lipinski definition) is 1. The van der Waals surface area contributed by atoms with Crippen molar-refractivity contribution in [3.8, 4) is 5.75 Å². The van der Waals surface area contributed by atoms with Crippen LogP contribution in [-0.4, -0.2) is 30.5 Å². The van der Waals surface area contributed by atoms with Crippen LogP contribution >= 0.6 is 0 Å². The summed E-state index contributed by atoms with van der Waals surface area (Å²) in [4.78, 5) is 26.5. The van der Waals surface area contributed by atoms with Gasteiger partial charge in [0, 0.05) is 6.04 Å². The molecule has 2 fully saturated rings. The van der Waals surface area contributed by atoms with Crippen molar-refractivity contribution in [1.29, 1.82) is 0 Å². The van der Waals surface area contributed by atoms with Crippen LogP contribution in [0.5, 0.6) is 5.75 Å². The largest absolute Gasteiger partial charge is 0.494 e. The van der Waals surface area contributed by atoms with Gasteiger partial charge in [0.15, 0.2) is 0 Å². The van der Waals surface area contributed by atoms with Crippen LogP contribution in [-0.2, 0) is 9.59 Å². The lowest BCUT2D eigenvalue weighted by Gasteiger charge is -2.24. The van der Waals surface area contributed by atoms with E-state index in [0.717, 1.165) is 18.6 Å². The van der Waals surface area contributed by atoms with Gasteiger partial charge in [-0.15, -0.1) is 0 Å². The smallest absolute Gasteiger partial charge is 0.251 e. The van der Waals surface area contributed by atoms with Gasteiger partial charge >= 0.3 is 0 Å². The molecule has 2 amide bonds. The number of anilines is 1. The predicted molar refractivity (Wildman–Crippen MR) is 97.8 cm³/mol. The Balaban J connectivity index is 1.64. The van der Waals surface area contributed by atoms with E-state index in [1.807, 2.05) is 6.92 Å². The zero-order chi connectivity index (χ0) is 17.6. The summed E-state index contributed by atoms with van der Waals surface area (Å²) in [5, 5.41) is 3.46. The molecule has 0 radical (unpaired) electrons. The summed E-state index contributed by atoms with van der Waals surface area (Å²) in [6.07, 6.45) is 8.72. The molecule has 0 spiro atoms. The molecule has 1 unspecified atom stereocenters. The molecule has 1 aliphatic carbocycles. The van der Waals surface area contributed by atoms with E-state index in [-0.39, 0.29) is 24.3 Å². The van der Waals surface area contributed by atoms with Crippen LogP contribution < -0.4 is 15.0 Å². The molecule has 1 aliphatic heterocycles. The molecule has 1 aromatic rings. The quantitative estimate of drug-likeness (QED) is 0.832. The number of nitrogens with zero attached hydrogens (tertiary/aromatic N) is 1. The number of hydrogen-bond acceptors (Lipinski definition) is 4. The average Bonchev–Trinajstić information content (AvgIpc) is 2.85. The van der Waals surface area contributed by atoms with E-state index in [9.17, 15) is 9.59 Å². The van der Waals surface area contributed by atoms with E-state index in [1.165, 1.54) is 37.0 Å². The van der Waals surface area contributed by atoms with Crippen molar-refractivity contribution < 1.29 is 14.3 Å². The molecular weight excluding hydrogens is 316 g/mol. The van der Waals surface area contributed by atoms with Crippen molar-refractivity contribution in [3.05, 3.63) is 24.3 Å². The lowest BCUT2D eigenvalue weighted by atomic mass is 9.96. The van der Waals surface area contributed by atoms with Crippen molar-refractivity contribution in [2.24, 2.45) is 0 Å². The van der Waals surface area contributed by atoms with E-state index >= 15 is 0 Å². The highest BCUT2D eigenvalue weighted by Gasteiger charge is 2.40. The first-order chi connectivity index (χ1) is 12.2. The SMILES string of the molecule is CCOc1ccc(N2C(=O)CC(NC3CCCCCCC3)C2=O)cc1. The third kappa shape index (κ3) is 4.40. The van der Waals surface area contributed by atoms with E-state index in [1.54, 1.807) is 24.3 Å². The zero-order valence-corrected chi connectivity index (χ0v) is 15.0. The molecule has 0 aromatic heterocycles. The minimum absolute atomic E-state index is 0.127. The average molecular weight is 344 g/mol. The first-order valence-electron chi connectivity index (χ1n) is 9.54. The molecule has 3 rings (SSSR count). The first kappa shape index (κ1) is 17.9. The van der Waals surface area contributed by atoms with Gasteiger partial charge in [-0.1, -0.05) is 32.1 Å².